The highest BCUT2D eigenvalue weighted by molar-refractivity contribution is 5.74. The van der Waals surface area contributed by atoms with E-state index in [1.807, 2.05) is 19.1 Å². The van der Waals surface area contributed by atoms with Gasteiger partial charge in [-0.2, -0.15) is 0 Å². The molecule has 0 aromatic carbocycles. The van der Waals surface area contributed by atoms with E-state index in [4.69, 9.17) is 14.6 Å². The van der Waals surface area contributed by atoms with Gasteiger partial charge in [0, 0.05) is 11.3 Å². The average Bonchev–Trinajstić information content (AvgIpc) is 2.44. The number of allylic oxidation sites excluding steroid dienone is 2. The lowest BCUT2D eigenvalue weighted by Gasteiger charge is -2.34. The molecule has 0 radical (unpaired) electrons. The number of ether oxygens (including phenoxy) is 2. The molecule has 0 spiro atoms. The van der Waals surface area contributed by atoms with Gasteiger partial charge in [-0.15, -0.1) is 0 Å². The van der Waals surface area contributed by atoms with Crippen molar-refractivity contribution >= 4 is 12.1 Å². The van der Waals surface area contributed by atoms with Crippen LogP contribution in [0.4, 0.5) is 4.79 Å². The largest absolute Gasteiger partial charge is 0.508 e. The van der Waals surface area contributed by atoms with E-state index in [1.165, 1.54) is 0 Å². The molecule has 0 saturated heterocycles. The van der Waals surface area contributed by atoms with Gasteiger partial charge in [0.1, 0.15) is 0 Å². The molecule has 1 N–H and O–H groups in total. The molecule has 1 aliphatic rings. The minimum atomic E-state index is -0.862. The monoisotopic (exact) mass is 296 g/mol. The molecule has 21 heavy (non-hydrogen) atoms. The van der Waals surface area contributed by atoms with Gasteiger partial charge in [0.05, 0.1) is 19.1 Å². The summed E-state index contributed by atoms with van der Waals surface area (Å²) >= 11 is 0. The average molecular weight is 296 g/mol. The van der Waals surface area contributed by atoms with Crippen LogP contribution >= 0.6 is 0 Å². The van der Waals surface area contributed by atoms with E-state index in [0.29, 0.717) is 0 Å². The second kappa shape index (κ2) is 7.86. The van der Waals surface area contributed by atoms with E-state index >= 15 is 0 Å². The molecule has 0 aromatic rings. The van der Waals surface area contributed by atoms with Crippen molar-refractivity contribution in [3.8, 4) is 0 Å². The molecule has 0 amide bonds. The lowest BCUT2D eigenvalue weighted by molar-refractivity contribution is -0.138. The first-order valence-corrected chi connectivity index (χ1v) is 7.34. The fourth-order valence-electron chi connectivity index (χ4n) is 2.43. The molecule has 1 atom stereocenters. The van der Waals surface area contributed by atoms with Crippen molar-refractivity contribution in [1.29, 1.82) is 0 Å². The van der Waals surface area contributed by atoms with E-state index in [2.05, 4.69) is 6.92 Å². The summed E-state index contributed by atoms with van der Waals surface area (Å²) in [6, 6.07) is 0. The molecule has 0 aromatic heterocycles. The molecule has 1 rings (SSSR count). The summed E-state index contributed by atoms with van der Waals surface area (Å²) in [5.41, 5.74) is -0.311. The van der Waals surface area contributed by atoms with Crippen molar-refractivity contribution in [2.75, 3.05) is 13.2 Å². The van der Waals surface area contributed by atoms with Crippen molar-refractivity contribution in [2.24, 2.45) is 17.3 Å². The second-order valence-corrected chi connectivity index (χ2v) is 5.43. The Morgan fingerprint density at radius 2 is 1.86 bits per heavy atom. The van der Waals surface area contributed by atoms with Crippen LogP contribution in [0.3, 0.4) is 0 Å². The number of hydrogen-bond donors (Lipinski definition) is 1. The fraction of sp³-hybridized carbons (Fsp3) is 0.625. The minimum absolute atomic E-state index is 0.0918. The van der Waals surface area contributed by atoms with Crippen LogP contribution in [-0.4, -0.2) is 30.4 Å². The number of carboxylic acid groups (broad SMARTS) is 1. The molecule has 1 unspecified atom stereocenters. The number of carbonyl (C=O) groups excluding carboxylic acids is 1. The number of aliphatic carboxylic acids is 1. The van der Waals surface area contributed by atoms with E-state index in [9.17, 15) is 9.59 Å². The maximum Gasteiger partial charge on any atom is 0.508 e. The summed E-state index contributed by atoms with van der Waals surface area (Å²) in [7, 11) is 0. The normalized spacial score (nSPS) is 25.4. The quantitative estimate of drug-likeness (QED) is 0.575. The van der Waals surface area contributed by atoms with Crippen LogP contribution in [-0.2, 0) is 14.3 Å². The van der Waals surface area contributed by atoms with E-state index < -0.39 is 18.0 Å². The highest BCUT2D eigenvalue weighted by Crippen LogP contribution is 2.37. The number of carbonyl (C=O) groups is 2. The van der Waals surface area contributed by atoms with Gasteiger partial charge in [0.15, 0.2) is 0 Å². The van der Waals surface area contributed by atoms with Crippen LogP contribution in [0.5, 0.6) is 0 Å². The van der Waals surface area contributed by atoms with E-state index in [0.717, 1.165) is 12.8 Å². The van der Waals surface area contributed by atoms with Gasteiger partial charge in [-0.3, -0.25) is 4.79 Å². The molecule has 118 valence electrons. The van der Waals surface area contributed by atoms with Crippen molar-refractivity contribution in [2.45, 2.75) is 33.6 Å². The lowest BCUT2D eigenvalue weighted by atomic mass is 9.72. The Balaban J connectivity index is 2.71. The predicted molar refractivity (Wildman–Crippen MR) is 78.9 cm³/mol. The summed E-state index contributed by atoms with van der Waals surface area (Å²) in [4.78, 5) is 22.3. The third-order valence-corrected chi connectivity index (χ3v) is 3.79. The fourth-order valence-corrected chi connectivity index (χ4v) is 2.43. The summed E-state index contributed by atoms with van der Waals surface area (Å²) in [5.74, 6) is -1.35. The standard InChI is InChI=1S/C16H24O5/c1-4-6-13(11-21-15(19)20-5-2)16(3)9-7-12(8-10-16)14(17)18/h7-10,12-13H,4-6,11H2,1-3H3,(H,17,18). The zero-order valence-corrected chi connectivity index (χ0v) is 12.9. The first-order chi connectivity index (χ1) is 9.92. The van der Waals surface area contributed by atoms with Crippen molar-refractivity contribution in [3.05, 3.63) is 24.3 Å². The highest BCUT2D eigenvalue weighted by atomic mass is 16.7. The second-order valence-electron chi connectivity index (χ2n) is 5.43. The zero-order valence-electron chi connectivity index (χ0n) is 12.9. The SMILES string of the molecule is CCCC(COC(=O)OCC)C1(C)C=CC(C(=O)O)C=C1. The van der Waals surface area contributed by atoms with Gasteiger partial charge in [-0.25, -0.2) is 4.79 Å². The summed E-state index contributed by atoms with van der Waals surface area (Å²) in [6.45, 7) is 6.36. The van der Waals surface area contributed by atoms with Gasteiger partial charge < -0.3 is 14.6 Å². The smallest absolute Gasteiger partial charge is 0.481 e. The Morgan fingerprint density at radius 1 is 1.24 bits per heavy atom. The highest BCUT2D eigenvalue weighted by Gasteiger charge is 2.33. The molecule has 1 aliphatic carbocycles. The third kappa shape index (κ3) is 4.92. The number of carboxylic acids is 1. The zero-order chi connectivity index (χ0) is 15.9. The number of hydrogen-bond acceptors (Lipinski definition) is 4. The van der Waals surface area contributed by atoms with Crippen molar-refractivity contribution < 1.29 is 24.2 Å². The molecule has 0 fully saturated rings. The molecule has 0 bridgehead atoms. The van der Waals surface area contributed by atoms with Crippen molar-refractivity contribution in [3.63, 3.8) is 0 Å². The predicted octanol–water partition coefficient (Wildman–Crippen LogP) is 3.41. The van der Waals surface area contributed by atoms with Gasteiger partial charge >= 0.3 is 12.1 Å². The Labute approximate surface area is 125 Å². The van der Waals surface area contributed by atoms with Gasteiger partial charge in [-0.05, 0) is 13.3 Å². The Morgan fingerprint density at radius 3 is 2.33 bits per heavy atom. The van der Waals surface area contributed by atoms with E-state index in [1.54, 1.807) is 19.1 Å². The third-order valence-electron chi connectivity index (χ3n) is 3.79. The van der Waals surface area contributed by atoms with Crippen LogP contribution in [0.15, 0.2) is 24.3 Å². The van der Waals surface area contributed by atoms with Crippen LogP contribution < -0.4 is 0 Å². The number of rotatable bonds is 7. The van der Waals surface area contributed by atoms with Crippen LogP contribution in [0.1, 0.15) is 33.6 Å². The molecular weight excluding hydrogens is 272 g/mol. The first kappa shape index (κ1) is 17.3. The molecular formula is C16H24O5. The van der Waals surface area contributed by atoms with E-state index in [-0.39, 0.29) is 24.5 Å². The molecule has 0 heterocycles. The maximum absolute atomic E-state index is 11.3. The maximum atomic E-state index is 11.3. The van der Waals surface area contributed by atoms with Gasteiger partial charge in [0.25, 0.3) is 0 Å². The topological polar surface area (TPSA) is 72.8 Å². The van der Waals surface area contributed by atoms with Gasteiger partial charge in [0.2, 0.25) is 0 Å². The van der Waals surface area contributed by atoms with Gasteiger partial charge in [-0.1, -0.05) is 44.6 Å². The van der Waals surface area contributed by atoms with Crippen LogP contribution in [0.2, 0.25) is 0 Å². The summed E-state index contributed by atoms with van der Waals surface area (Å²) in [6.07, 6.45) is 8.36. The Bertz CT molecular complexity index is 410. The Hall–Kier alpha value is -1.78. The molecule has 0 saturated carbocycles. The van der Waals surface area contributed by atoms with Crippen LogP contribution in [0, 0.1) is 17.3 Å². The molecule has 0 aliphatic heterocycles. The molecule has 5 heteroatoms. The Kier molecular flexibility index (Phi) is 6.46. The summed E-state index contributed by atoms with van der Waals surface area (Å²) < 4.78 is 9.91. The molecule has 5 nitrogen and oxygen atoms in total. The van der Waals surface area contributed by atoms with Crippen LogP contribution in [0.25, 0.3) is 0 Å². The lowest BCUT2D eigenvalue weighted by Crippen LogP contribution is -2.31. The van der Waals surface area contributed by atoms with Crippen molar-refractivity contribution in [1.82, 2.24) is 0 Å². The summed E-state index contributed by atoms with van der Waals surface area (Å²) in [5, 5.41) is 9.00. The minimum Gasteiger partial charge on any atom is -0.481 e. The first-order valence-electron chi connectivity index (χ1n) is 7.34.